The van der Waals surface area contributed by atoms with Gasteiger partial charge in [-0.2, -0.15) is 0 Å². The molecule has 1 aliphatic carbocycles. The van der Waals surface area contributed by atoms with E-state index in [4.69, 9.17) is 0 Å². The highest BCUT2D eigenvalue weighted by atomic mass is 16.2. The molecule has 1 aromatic rings. The van der Waals surface area contributed by atoms with Gasteiger partial charge in [-0.05, 0) is 52.0 Å². The third-order valence-corrected chi connectivity index (χ3v) is 6.61. The van der Waals surface area contributed by atoms with Crippen LogP contribution in [0.4, 0.5) is 0 Å². The standard InChI is InChI=1S/C21H30N4O2/c1-15-13-18(23-16(2)22-15)19(26)24-12-10-21(14-24)9-6-11-25(20(21)27)17-7-4-3-5-8-17/h13,17H,3-12,14H2,1-2H3. The van der Waals surface area contributed by atoms with Crippen LogP contribution >= 0.6 is 0 Å². The van der Waals surface area contributed by atoms with Gasteiger partial charge in [-0.15, -0.1) is 0 Å². The molecular weight excluding hydrogens is 340 g/mol. The monoisotopic (exact) mass is 370 g/mol. The summed E-state index contributed by atoms with van der Waals surface area (Å²) in [6.45, 7) is 5.76. The van der Waals surface area contributed by atoms with Crippen LogP contribution in [0.2, 0.25) is 0 Å². The summed E-state index contributed by atoms with van der Waals surface area (Å²) in [6.07, 6.45) is 8.79. The molecule has 1 aromatic heterocycles. The highest BCUT2D eigenvalue weighted by Gasteiger charge is 2.50. The predicted molar refractivity (Wildman–Crippen MR) is 102 cm³/mol. The lowest BCUT2D eigenvalue weighted by atomic mass is 9.77. The molecule has 6 nitrogen and oxygen atoms in total. The molecule has 4 rings (SSSR count). The van der Waals surface area contributed by atoms with Crippen LogP contribution in [0, 0.1) is 19.3 Å². The first kappa shape index (κ1) is 18.4. The van der Waals surface area contributed by atoms with E-state index in [0.29, 0.717) is 36.6 Å². The second-order valence-corrected chi connectivity index (χ2v) is 8.59. The first-order valence-corrected chi connectivity index (χ1v) is 10.4. The zero-order chi connectivity index (χ0) is 19.0. The summed E-state index contributed by atoms with van der Waals surface area (Å²) >= 11 is 0. The number of hydrogen-bond donors (Lipinski definition) is 0. The Kier molecular flexibility index (Phi) is 4.91. The van der Waals surface area contributed by atoms with Crippen LogP contribution in [0.1, 0.15) is 73.4 Å². The van der Waals surface area contributed by atoms with Crippen LogP contribution in [0.15, 0.2) is 6.07 Å². The molecule has 1 atom stereocenters. The van der Waals surface area contributed by atoms with E-state index >= 15 is 0 Å². The minimum atomic E-state index is -0.373. The summed E-state index contributed by atoms with van der Waals surface area (Å²) < 4.78 is 0. The lowest BCUT2D eigenvalue weighted by molar-refractivity contribution is -0.149. The van der Waals surface area contributed by atoms with Gasteiger partial charge in [-0.3, -0.25) is 9.59 Å². The number of nitrogens with zero attached hydrogens (tertiary/aromatic N) is 4. The molecule has 1 spiro atoms. The van der Waals surface area contributed by atoms with Crippen molar-refractivity contribution in [1.82, 2.24) is 19.8 Å². The van der Waals surface area contributed by atoms with Gasteiger partial charge in [0.25, 0.3) is 5.91 Å². The van der Waals surface area contributed by atoms with Crippen LogP contribution in [0.25, 0.3) is 0 Å². The first-order chi connectivity index (χ1) is 13.0. The van der Waals surface area contributed by atoms with Gasteiger partial charge in [-0.1, -0.05) is 19.3 Å². The highest BCUT2D eigenvalue weighted by Crippen LogP contribution is 2.42. The van der Waals surface area contributed by atoms with Gasteiger partial charge in [0, 0.05) is 31.4 Å². The van der Waals surface area contributed by atoms with E-state index in [0.717, 1.165) is 44.3 Å². The normalized spacial score (nSPS) is 26.8. The number of amides is 2. The second-order valence-electron chi connectivity index (χ2n) is 8.59. The van der Waals surface area contributed by atoms with Crippen molar-refractivity contribution in [3.63, 3.8) is 0 Å². The van der Waals surface area contributed by atoms with Crippen LogP contribution in [0.3, 0.4) is 0 Å². The topological polar surface area (TPSA) is 66.4 Å². The maximum absolute atomic E-state index is 13.4. The molecule has 3 aliphatic rings. The average molecular weight is 370 g/mol. The molecule has 0 bridgehead atoms. The van der Waals surface area contributed by atoms with Crippen LogP contribution in [0.5, 0.6) is 0 Å². The minimum Gasteiger partial charge on any atom is -0.339 e. The summed E-state index contributed by atoms with van der Waals surface area (Å²) in [5.74, 6) is 0.846. The van der Waals surface area contributed by atoms with E-state index < -0.39 is 0 Å². The molecule has 2 saturated heterocycles. The number of likely N-dealkylation sites (tertiary alicyclic amines) is 2. The number of carbonyl (C=O) groups is 2. The zero-order valence-electron chi connectivity index (χ0n) is 16.5. The fourth-order valence-corrected chi connectivity index (χ4v) is 5.25. The molecule has 27 heavy (non-hydrogen) atoms. The molecule has 1 unspecified atom stereocenters. The molecule has 6 heteroatoms. The molecule has 3 fully saturated rings. The Morgan fingerprint density at radius 1 is 1.07 bits per heavy atom. The molecule has 0 N–H and O–H groups in total. The third kappa shape index (κ3) is 3.46. The van der Waals surface area contributed by atoms with Gasteiger partial charge in [0.15, 0.2) is 0 Å². The van der Waals surface area contributed by atoms with E-state index in [1.165, 1.54) is 19.3 Å². The van der Waals surface area contributed by atoms with Gasteiger partial charge in [0.05, 0.1) is 5.41 Å². The lowest BCUT2D eigenvalue weighted by Gasteiger charge is -2.44. The predicted octanol–water partition coefficient (Wildman–Crippen LogP) is 2.88. The zero-order valence-corrected chi connectivity index (χ0v) is 16.5. The number of rotatable bonds is 2. The van der Waals surface area contributed by atoms with Gasteiger partial charge in [0.2, 0.25) is 5.91 Å². The number of aryl methyl sites for hydroxylation is 2. The van der Waals surface area contributed by atoms with Crippen molar-refractivity contribution in [1.29, 1.82) is 0 Å². The van der Waals surface area contributed by atoms with Crippen LogP contribution in [-0.4, -0.2) is 57.3 Å². The molecular formula is C21H30N4O2. The first-order valence-electron chi connectivity index (χ1n) is 10.4. The van der Waals surface area contributed by atoms with Crippen molar-refractivity contribution in [3.05, 3.63) is 23.3 Å². The fraction of sp³-hybridized carbons (Fsp3) is 0.714. The van der Waals surface area contributed by atoms with Gasteiger partial charge >= 0.3 is 0 Å². The van der Waals surface area contributed by atoms with Crippen molar-refractivity contribution < 1.29 is 9.59 Å². The maximum Gasteiger partial charge on any atom is 0.272 e. The largest absolute Gasteiger partial charge is 0.339 e. The lowest BCUT2D eigenvalue weighted by Crippen LogP contribution is -2.54. The summed E-state index contributed by atoms with van der Waals surface area (Å²) in [6, 6.07) is 2.16. The Morgan fingerprint density at radius 3 is 2.59 bits per heavy atom. The highest BCUT2D eigenvalue weighted by molar-refractivity contribution is 5.94. The van der Waals surface area contributed by atoms with Crippen molar-refractivity contribution in [2.24, 2.45) is 5.41 Å². The third-order valence-electron chi connectivity index (χ3n) is 6.61. The van der Waals surface area contributed by atoms with E-state index in [-0.39, 0.29) is 11.3 Å². The summed E-state index contributed by atoms with van der Waals surface area (Å²) in [5, 5.41) is 0. The number of carbonyl (C=O) groups excluding carboxylic acids is 2. The SMILES string of the molecule is Cc1cc(C(=O)N2CCC3(CCCN(C4CCCCC4)C3=O)C2)nc(C)n1. The van der Waals surface area contributed by atoms with E-state index in [2.05, 4.69) is 14.9 Å². The van der Waals surface area contributed by atoms with E-state index in [9.17, 15) is 9.59 Å². The smallest absolute Gasteiger partial charge is 0.272 e. The molecule has 2 aliphatic heterocycles. The fourth-order valence-electron chi connectivity index (χ4n) is 5.25. The Hall–Kier alpha value is -1.98. The minimum absolute atomic E-state index is 0.0666. The Morgan fingerprint density at radius 2 is 1.85 bits per heavy atom. The van der Waals surface area contributed by atoms with Crippen molar-refractivity contribution in [2.75, 3.05) is 19.6 Å². The quantitative estimate of drug-likeness (QED) is 0.803. The van der Waals surface area contributed by atoms with Crippen LogP contribution in [-0.2, 0) is 4.79 Å². The van der Waals surface area contributed by atoms with E-state index in [1.807, 2.05) is 18.7 Å². The van der Waals surface area contributed by atoms with Crippen molar-refractivity contribution in [2.45, 2.75) is 71.3 Å². The Balaban J connectivity index is 1.50. The molecule has 0 radical (unpaired) electrons. The number of hydrogen-bond acceptors (Lipinski definition) is 4. The molecule has 2 amide bonds. The number of aromatic nitrogens is 2. The van der Waals surface area contributed by atoms with Gasteiger partial charge in [-0.25, -0.2) is 9.97 Å². The van der Waals surface area contributed by atoms with Gasteiger partial charge < -0.3 is 9.80 Å². The molecule has 146 valence electrons. The molecule has 0 aromatic carbocycles. The Labute approximate surface area is 161 Å². The van der Waals surface area contributed by atoms with Crippen molar-refractivity contribution in [3.8, 4) is 0 Å². The maximum atomic E-state index is 13.4. The summed E-state index contributed by atoms with van der Waals surface area (Å²) in [7, 11) is 0. The Bertz CT molecular complexity index is 723. The van der Waals surface area contributed by atoms with Gasteiger partial charge in [0.1, 0.15) is 11.5 Å². The molecule has 1 saturated carbocycles. The van der Waals surface area contributed by atoms with Crippen molar-refractivity contribution >= 4 is 11.8 Å². The number of piperidine rings is 1. The van der Waals surface area contributed by atoms with E-state index in [1.54, 1.807) is 6.07 Å². The summed E-state index contributed by atoms with van der Waals surface area (Å²) in [4.78, 5) is 39.0. The molecule has 3 heterocycles. The second kappa shape index (κ2) is 7.21. The summed E-state index contributed by atoms with van der Waals surface area (Å²) in [5.41, 5.74) is 0.879. The van der Waals surface area contributed by atoms with Crippen LogP contribution < -0.4 is 0 Å². The average Bonchev–Trinajstić information content (AvgIpc) is 3.08.